The van der Waals surface area contributed by atoms with Crippen molar-refractivity contribution in [1.29, 1.82) is 0 Å². The average Bonchev–Trinajstić information content (AvgIpc) is 3.27. The van der Waals surface area contributed by atoms with E-state index in [4.69, 9.17) is 4.74 Å². The molecule has 144 valence electrons. The quantitative estimate of drug-likeness (QED) is 0.624. The van der Waals surface area contributed by atoms with E-state index in [0.717, 1.165) is 4.88 Å². The number of hydrogen-bond acceptors (Lipinski definition) is 6. The monoisotopic (exact) mass is 388 g/mol. The van der Waals surface area contributed by atoms with Crippen molar-refractivity contribution in [3.8, 4) is 10.6 Å². The Morgan fingerprint density at radius 2 is 2.07 bits per heavy atom. The maximum atomic E-state index is 13.3. The van der Waals surface area contributed by atoms with E-state index in [-0.39, 0.29) is 12.2 Å². The Kier molecular flexibility index (Phi) is 5.19. The summed E-state index contributed by atoms with van der Waals surface area (Å²) in [5, 5.41) is 11.7. The summed E-state index contributed by atoms with van der Waals surface area (Å²) in [6.07, 6.45) is 2.09. The molecule has 3 heterocycles. The standard InChI is InChI=1S/C19H24N4O3S/c1-6-13(18(25)26-7-2)22-17(24)16-12(11-20-23(16)19(3,4)5)15(21-22)14-9-8-10-27-14/h8-11,13H,6-7H2,1-5H3. The Bertz CT molecular complexity index is 1010. The van der Waals surface area contributed by atoms with Crippen molar-refractivity contribution in [3.63, 3.8) is 0 Å². The molecule has 0 N–H and O–H groups in total. The summed E-state index contributed by atoms with van der Waals surface area (Å²) in [4.78, 5) is 26.7. The molecule has 1 unspecified atom stereocenters. The molecule has 3 rings (SSSR count). The van der Waals surface area contributed by atoms with Crippen LogP contribution in [0.4, 0.5) is 0 Å². The van der Waals surface area contributed by atoms with Gasteiger partial charge in [0.1, 0.15) is 11.2 Å². The number of rotatable bonds is 5. The Morgan fingerprint density at radius 1 is 1.33 bits per heavy atom. The Balaban J connectivity index is 2.36. The smallest absolute Gasteiger partial charge is 0.331 e. The maximum Gasteiger partial charge on any atom is 0.331 e. The fourth-order valence-electron chi connectivity index (χ4n) is 3.04. The van der Waals surface area contributed by atoms with Gasteiger partial charge >= 0.3 is 5.97 Å². The molecular weight excluding hydrogens is 364 g/mol. The van der Waals surface area contributed by atoms with E-state index in [0.29, 0.717) is 23.0 Å². The summed E-state index contributed by atoms with van der Waals surface area (Å²) in [5.74, 6) is -0.451. The largest absolute Gasteiger partial charge is 0.464 e. The second-order valence-electron chi connectivity index (χ2n) is 7.24. The number of nitrogens with zero attached hydrogens (tertiary/aromatic N) is 4. The van der Waals surface area contributed by atoms with Gasteiger partial charge in [0.25, 0.3) is 5.56 Å². The van der Waals surface area contributed by atoms with Crippen molar-refractivity contribution < 1.29 is 9.53 Å². The zero-order valence-electron chi connectivity index (χ0n) is 16.2. The van der Waals surface area contributed by atoms with Crippen LogP contribution < -0.4 is 5.56 Å². The summed E-state index contributed by atoms with van der Waals surface area (Å²) in [6.45, 7) is 9.79. The Morgan fingerprint density at radius 3 is 2.63 bits per heavy atom. The lowest BCUT2D eigenvalue weighted by atomic mass is 10.1. The summed E-state index contributed by atoms with van der Waals surface area (Å²) >= 11 is 1.53. The molecule has 0 bridgehead atoms. The third-order valence-corrected chi connectivity index (χ3v) is 5.15. The van der Waals surface area contributed by atoms with Crippen LogP contribution >= 0.6 is 11.3 Å². The second kappa shape index (κ2) is 7.26. The van der Waals surface area contributed by atoms with Gasteiger partial charge in [0.15, 0.2) is 6.04 Å². The lowest BCUT2D eigenvalue weighted by Gasteiger charge is -2.21. The first kappa shape index (κ1) is 19.3. The first-order valence-electron chi connectivity index (χ1n) is 9.01. The predicted molar refractivity (Wildman–Crippen MR) is 106 cm³/mol. The molecule has 0 aliphatic heterocycles. The van der Waals surface area contributed by atoms with E-state index < -0.39 is 17.6 Å². The SMILES string of the molecule is CCOC(=O)C(CC)n1nc(-c2cccs2)c2cnn(C(C)(C)C)c2c1=O. The fourth-order valence-corrected chi connectivity index (χ4v) is 3.76. The minimum atomic E-state index is -0.774. The molecule has 27 heavy (non-hydrogen) atoms. The van der Waals surface area contributed by atoms with Gasteiger partial charge in [-0.25, -0.2) is 9.48 Å². The Labute approximate surface area is 161 Å². The van der Waals surface area contributed by atoms with Crippen LogP contribution in [0.5, 0.6) is 0 Å². The molecule has 3 aromatic heterocycles. The van der Waals surface area contributed by atoms with Gasteiger partial charge in [-0.05, 0) is 45.6 Å². The summed E-state index contributed by atoms with van der Waals surface area (Å²) in [7, 11) is 0. The highest BCUT2D eigenvalue weighted by molar-refractivity contribution is 7.13. The van der Waals surface area contributed by atoms with Gasteiger partial charge < -0.3 is 4.74 Å². The van der Waals surface area contributed by atoms with Crippen molar-refractivity contribution in [1.82, 2.24) is 19.6 Å². The number of carbonyl (C=O) groups excluding carboxylic acids is 1. The van der Waals surface area contributed by atoms with Crippen molar-refractivity contribution >= 4 is 28.2 Å². The molecule has 7 nitrogen and oxygen atoms in total. The van der Waals surface area contributed by atoms with Crippen molar-refractivity contribution in [2.75, 3.05) is 6.61 Å². The van der Waals surface area contributed by atoms with Gasteiger partial charge in [0.2, 0.25) is 0 Å². The van der Waals surface area contributed by atoms with Crippen LogP contribution in [0.1, 0.15) is 47.1 Å². The van der Waals surface area contributed by atoms with Crippen LogP contribution in [-0.4, -0.2) is 32.1 Å². The number of thiophene rings is 1. The van der Waals surface area contributed by atoms with Gasteiger partial charge in [-0.15, -0.1) is 11.3 Å². The number of hydrogen-bond donors (Lipinski definition) is 0. The normalized spacial score (nSPS) is 13.1. The summed E-state index contributed by atoms with van der Waals surface area (Å²) < 4.78 is 8.14. The van der Waals surface area contributed by atoms with E-state index >= 15 is 0 Å². The third kappa shape index (κ3) is 3.41. The first-order chi connectivity index (χ1) is 12.8. The topological polar surface area (TPSA) is 79.0 Å². The lowest BCUT2D eigenvalue weighted by Crippen LogP contribution is -2.35. The van der Waals surface area contributed by atoms with Crippen molar-refractivity contribution in [2.24, 2.45) is 0 Å². The van der Waals surface area contributed by atoms with E-state index in [1.807, 2.05) is 45.2 Å². The van der Waals surface area contributed by atoms with Gasteiger partial charge in [-0.2, -0.15) is 10.2 Å². The van der Waals surface area contributed by atoms with Crippen LogP contribution in [0.25, 0.3) is 21.5 Å². The van der Waals surface area contributed by atoms with E-state index in [1.165, 1.54) is 16.0 Å². The maximum absolute atomic E-state index is 13.3. The molecule has 0 aliphatic carbocycles. The highest BCUT2D eigenvalue weighted by Crippen LogP contribution is 2.31. The molecule has 0 fully saturated rings. The minimum Gasteiger partial charge on any atom is -0.464 e. The highest BCUT2D eigenvalue weighted by Gasteiger charge is 2.28. The number of carbonyl (C=O) groups is 1. The number of esters is 1. The average molecular weight is 388 g/mol. The first-order valence-corrected chi connectivity index (χ1v) is 9.89. The molecule has 0 amide bonds. The summed E-state index contributed by atoms with van der Waals surface area (Å²) in [5.41, 5.74) is 0.373. The number of fused-ring (bicyclic) bond motifs is 1. The predicted octanol–water partition coefficient (Wildman–Crippen LogP) is 3.59. The van der Waals surface area contributed by atoms with Crippen LogP contribution in [0.3, 0.4) is 0 Å². The zero-order chi connectivity index (χ0) is 19.8. The molecule has 0 saturated carbocycles. The van der Waals surface area contributed by atoms with Gasteiger partial charge in [0.05, 0.1) is 28.6 Å². The van der Waals surface area contributed by atoms with Crippen LogP contribution in [0.15, 0.2) is 28.5 Å². The molecule has 0 spiro atoms. The van der Waals surface area contributed by atoms with Crippen LogP contribution in [0.2, 0.25) is 0 Å². The van der Waals surface area contributed by atoms with Crippen molar-refractivity contribution in [2.45, 2.75) is 52.6 Å². The van der Waals surface area contributed by atoms with Crippen LogP contribution in [0, 0.1) is 0 Å². The fraction of sp³-hybridized carbons (Fsp3) is 0.474. The molecule has 0 aliphatic rings. The van der Waals surface area contributed by atoms with E-state index in [9.17, 15) is 9.59 Å². The van der Waals surface area contributed by atoms with E-state index in [2.05, 4.69) is 10.2 Å². The van der Waals surface area contributed by atoms with Crippen LogP contribution in [-0.2, 0) is 15.1 Å². The molecule has 0 radical (unpaired) electrons. The molecular formula is C19H24N4O3S. The molecule has 0 aromatic carbocycles. The number of aromatic nitrogens is 4. The van der Waals surface area contributed by atoms with Gasteiger partial charge in [0, 0.05) is 0 Å². The molecule has 0 saturated heterocycles. The van der Waals surface area contributed by atoms with Gasteiger partial charge in [-0.1, -0.05) is 13.0 Å². The molecule has 3 aromatic rings. The minimum absolute atomic E-state index is 0.254. The Hall–Kier alpha value is -2.48. The third-order valence-electron chi connectivity index (χ3n) is 4.27. The molecule has 1 atom stereocenters. The second-order valence-corrected chi connectivity index (χ2v) is 8.19. The zero-order valence-corrected chi connectivity index (χ0v) is 17.0. The highest BCUT2D eigenvalue weighted by atomic mass is 32.1. The summed E-state index contributed by atoms with van der Waals surface area (Å²) in [6, 6.07) is 3.10. The lowest BCUT2D eigenvalue weighted by molar-refractivity contribution is -0.147. The van der Waals surface area contributed by atoms with Gasteiger partial charge in [-0.3, -0.25) is 9.48 Å². The number of ether oxygens (including phenoxy) is 1. The van der Waals surface area contributed by atoms with Crippen molar-refractivity contribution in [3.05, 3.63) is 34.1 Å². The molecule has 8 heteroatoms. The van der Waals surface area contributed by atoms with E-state index in [1.54, 1.807) is 17.8 Å².